The third-order valence-corrected chi connectivity index (χ3v) is 3.47. The standard InChI is InChI=1S/C18H16O4/c1-12-16(13-6-3-2-4-7-13)18(20)17-14(21-11-10-19)8-5-9-15(17)22-12/h2-9,19H,10-11H2,1H3. The third kappa shape index (κ3) is 2.49. The van der Waals surface area contributed by atoms with Crippen molar-refractivity contribution in [3.05, 3.63) is 64.5 Å². The van der Waals surface area contributed by atoms with E-state index in [2.05, 4.69) is 0 Å². The summed E-state index contributed by atoms with van der Waals surface area (Å²) in [5, 5.41) is 9.32. The van der Waals surface area contributed by atoms with Crippen molar-refractivity contribution in [1.82, 2.24) is 0 Å². The van der Waals surface area contributed by atoms with E-state index < -0.39 is 0 Å². The molecule has 0 spiro atoms. The summed E-state index contributed by atoms with van der Waals surface area (Å²) < 4.78 is 11.3. The number of benzene rings is 2. The summed E-state index contributed by atoms with van der Waals surface area (Å²) in [5.74, 6) is 1.00. The van der Waals surface area contributed by atoms with Gasteiger partial charge in [0.1, 0.15) is 29.1 Å². The van der Waals surface area contributed by atoms with Crippen molar-refractivity contribution in [3.63, 3.8) is 0 Å². The Kier molecular flexibility index (Phi) is 3.94. The van der Waals surface area contributed by atoms with Crippen LogP contribution in [0.25, 0.3) is 22.1 Å². The minimum absolute atomic E-state index is 0.112. The van der Waals surface area contributed by atoms with Crippen LogP contribution in [0, 0.1) is 6.92 Å². The van der Waals surface area contributed by atoms with Crippen LogP contribution >= 0.6 is 0 Å². The van der Waals surface area contributed by atoms with E-state index in [9.17, 15) is 4.79 Å². The van der Waals surface area contributed by atoms with Crippen LogP contribution in [0.1, 0.15) is 5.76 Å². The molecule has 4 heteroatoms. The molecule has 3 rings (SSSR count). The van der Waals surface area contributed by atoms with E-state index in [4.69, 9.17) is 14.3 Å². The number of aliphatic hydroxyl groups is 1. The van der Waals surface area contributed by atoms with Crippen LogP contribution in [-0.4, -0.2) is 18.3 Å². The fourth-order valence-electron chi connectivity index (χ4n) is 2.54. The minimum Gasteiger partial charge on any atom is -0.490 e. The van der Waals surface area contributed by atoms with Crippen molar-refractivity contribution in [1.29, 1.82) is 0 Å². The summed E-state index contributed by atoms with van der Waals surface area (Å²) in [6.07, 6.45) is 0. The number of rotatable bonds is 4. The first-order valence-electron chi connectivity index (χ1n) is 7.08. The Morgan fingerprint density at radius 2 is 1.86 bits per heavy atom. The average Bonchev–Trinajstić information content (AvgIpc) is 2.53. The van der Waals surface area contributed by atoms with Gasteiger partial charge in [0.15, 0.2) is 0 Å². The van der Waals surface area contributed by atoms with Gasteiger partial charge in [-0.05, 0) is 24.6 Å². The molecule has 2 aromatic carbocycles. The van der Waals surface area contributed by atoms with Gasteiger partial charge in [0.05, 0.1) is 12.2 Å². The molecule has 0 unspecified atom stereocenters. The van der Waals surface area contributed by atoms with Crippen molar-refractivity contribution in [2.75, 3.05) is 13.2 Å². The molecule has 0 aliphatic heterocycles. The predicted octanol–water partition coefficient (Wildman–Crippen LogP) is 3.14. The minimum atomic E-state index is -0.126. The van der Waals surface area contributed by atoms with E-state index in [-0.39, 0.29) is 18.6 Å². The van der Waals surface area contributed by atoms with Gasteiger partial charge in [-0.2, -0.15) is 0 Å². The molecular formula is C18H16O4. The molecule has 0 amide bonds. The van der Waals surface area contributed by atoms with Crippen LogP contribution in [0.3, 0.4) is 0 Å². The highest BCUT2D eigenvalue weighted by molar-refractivity contribution is 5.87. The highest BCUT2D eigenvalue weighted by Crippen LogP contribution is 2.28. The zero-order chi connectivity index (χ0) is 15.5. The lowest BCUT2D eigenvalue weighted by Gasteiger charge is -2.10. The first kappa shape index (κ1) is 14.4. The highest BCUT2D eigenvalue weighted by Gasteiger charge is 2.16. The summed E-state index contributed by atoms with van der Waals surface area (Å²) in [7, 11) is 0. The third-order valence-electron chi connectivity index (χ3n) is 3.47. The molecule has 0 saturated heterocycles. The Hall–Kier alpha value is -2.59. The van der Waals surface area contributed by atoms with Crippen molar-refractivity contribution in [2.45, 2.75) is 6.92 Å². The van der Waals surface area contributed by atoms with Gasteiger partial charge in [-0.3, -0.25) is 4.79 Å². The van der Waals surface area contributed by atoms with E-state index in [1.165, 1.54) is 0 Å². The van der Waals surface area contributed by atoms with Crippen LogP contribution < -0.4 is 10.2 Å². The summed E-state index contributed by atoms with van der Waals surface area (Å²) in [6.45, 7) is 1.80. The predicted molar refractivity (Wildman–Crippen MR) is 85.2 cm³/mol. The monoisotopic (exact) mass is 296 g/mol. The summed E-state index contributed by atoms with van der Waals surface area (Å²) in [5.41, 5.74) is 1.71. The number of fused-ring (bicyclic) bond motifs is 1. The smallest absolute Gasteiger partial charge is 0.204 e. The molecule has 0 bridgehead atoms. The maximum absolute atomic E-state index is 12.9. The lowest BCUT2D eigenvalue weighted by Crippen LogP contribution is -2.10. The van der Waals surface area contributed by atoms with Gasteiger partial charge in [0, 0.05) is 0 Å². The van der Waals surface area contributed by atoms with E-state index in [1.807, 2.05) is 30.3 Å². The molecule has 1 heterocycles. The molecule has 0 saturated carbocycles. The Morgan fingerprint density at radius 1 is 1.09 bits per heavy atom. The molecule has 0 radical (unpaired) electrons. The van der Waals surface area contributed by atoms with E-state index in [1.54, 1.807) is 25.1 Å². The molecule has 1 aromatic heterocycles. The van der Waals surface area contributed by atoms with Crippen LogP contribution in [-0.2, 0) is 0 Å². The van der Waals surface area contributed by atoms with Gasteiger partial charge in [0.2, 0.25) is 5.43 Å². The molecule has 112 valence electrons. The average molecular weight is 296 g/mol. The number of hydrogen-bond donors (Lipinski definition) is 1. The zero-order valence-electron chi connectivity index (χ0n) is 12.2. The topological polar surface area (TPSA) is 59.7 Å². The van der Waals surface area contributed by atoms with Gasteiger partial charge in [-0.25, -0.2) is 0 Å². The maximum Gasteiger partial charge on any atom is 0.204 e. The first-order chi connectivity index (χ1) is 10.7. The van der Waals surface area contributed by atoms with Gasteiger partial charge in [0.25, 0.3) is 0 Å². The van der Waals surface area contributed by atoms with E-state index in [0.717, 1.165) is 5.56 Å². The Morgan fingerprint density at radius 3 is 2.59 bits per heavy atom. The Balaban J connectivity index is 2.29. The molecule has 0 atom stereocenters. The van der Waals surface area contributed by atoms with Crippen molar-refractivity contribution >= 4 is 11.0 Å². The van der Waals surface area contributed by atoms with E-state index in [0.29, 0.717) is 28.0 Å². The SMILES string of the molecule is Cc1oc2cccc(OCCO)c2c(=O)c1-c1ccccc1. The first-order valence-corrected chi connectivity index (χ1v) is 7.08. The second kappa shape index (κ2) is 6.03. The number of aryl methyl sites for hydroxylation is 1. The summed E-state index contributed by atoms with van der Waals surface area (Å²) >= 11 is 0. The maximum atomic E-state index is 12.9. The Bertz CT molecular complexity index is 850. The molecule has 3 aromatic rings. The van der Waals surface area contributed by atoms with Crippen molar-refractivity contribution in [3.8, 4) is 16.9 Å². The molecule has 1 N–H and O–H groups in total. The number of hydrogen-bond acceptors (Lipinski definition) is 4. The van der Waals surface area contributed by atoms with Gasteiger partial charge < -0.3 is 14.3 Å². The summed E-state index contributed by atoms with van der Waals surface area (Å²) in [4.78, 5) is 12.9. The van der Waals surface area contributed by atoms with Crippen LogP contribution in [0.4, 0.5) is 0 Å². The lowest BCUT2D eigenvalue weighted by atomic mass is 10.0. The van der Waals surface area contributed by atoms with E-state index >= 15 is 0 Å². The molecule has 0 aliphatic carbocycles. The molecular weight excluding hydrogens is 280 g/mol. The zero-order valence-corrected chi connectivity index (χ0v) is 12.2. The van der Waals surface area contributed by atoms with Gasteiger partial charge >= 0.3 is 0 Å². The number of ether oxygens (including phenoxy) is 1. The summed E-state index contributed by atoms with van der Waals surface area (Å²) in [6, 6.07) is 14.6. The van der Waals surface area contributed by atoms with Crippen molar-refractivity contribution < 1.29 is 14.3 Å². The molecule has 0 aliphatic rings. The fourth-order valence-corrected chi connectivity index (χ4v) is 2.54. The van der Waals surface area contributed by atoms with Crippen LogP contribution in [0.5, 0.6) is 5.75 Å². The Labute approximate surface area is 127 Å². The van der Waals surface area contributed by atoms with Crippen molar-refractivity contribution in [2.24, 2.45) is 0 Å². The quantitative estimate of drug-likeness (QED) is 0.803. The molecule has 0 fully saturated rings. The molecule has 22 heavy (non-hydrogen) atoms. The molecule has 4 nitrogen and oxygen atoms in total. The largest absolute Gasteiger partial charge is 0.490 e. The second-order valence-electron chi connectivity index (χ2n) is 4.93. The van der Waals surface area contributed by atoms with Gasteiger partial charge in [-0.1, -0.05) is 36.4 Å². The van der Waals surface area contributed by atoms with Crippen LogP contribution in [0.15, 0.2) is 57.7 Å². The fraction of sp³-hybridized carbons (Fsp3) is 0.167. The highest BCUT2D eigenvalue weighted by atomic mass is 16.5. The lowest BCUT2D eigenvalue weighted by molar-refractivity contribution is 0.202. The van der Waals surface area contributed by atoms with Crippen LogP contribution in [0.2, 0.25) is 0 Å². The number of aliphatic hydroxyl groups excluding tert-OH is 1. The normalized spacial score (nSPS) is 10.8. The van der Waals surface area contributed by atoms with Gasteiger partial charge in [-0.15, -0.1) is 0 Å². The second-order valence-corrected chi connectivity index (χ2v) is 4.93.